The number of hydrogen-bond acceptors (Lipinski definition) is 6. The third-order valence-electron chi connectivity index (χ3n) is 4.85. The van der Waals surface area contributed by atoms with Gasteiger partial charge in [0.15, 0.2) is 11.3 Å². The number of ether oxygens (including phenoxy) is 1. The van der Waals surface area contributed by atoms with E-state index < -0.39 is 12.1 Å². The summed E-state index contributed by atoms with van der Waals surface area (Å²) in [6, 6.07) is 12.6. The Kier molecular flexibility index (Phi) is 6.56. The average Bonchev–Trinajstić information content (AvgIpc) is 3.11. The van der Waals surface area contributed by atoms with Crippen molar-refractivity contribution in [2.45, 2.75) is 39.0 Å². The van der Waals surface area contributed by atoms with Crippen LogP contribution in [-0.4, -0.2) is 39.0 Å². The van der Waals surface area contributed by atoms with Crippen molar-refractivity contribution in [3.63, 3.8) is 0 Å². The average molecular weight is 425 g/mol. The SMILES string of the molecule is CSc1nnc(C)n1-c1ccc(C(=O)OC(C)C(=O)Nc2cccc(C)c2C)cc1. The second-order valence-corrected chi connectivity index (χ2v) is 7.67. The largest absolute Gasteiger partial charge is 0.449 e. The number of nitrogens with one attached hydrogen (secondary N) is 1. The fourth-order valence-corrected chi connectivity index (χ4v) is 3.46. The van der Waals surface area contributed by atoms with Crippen LogP contribution in [0.3, 0.4) is 0 Å². The Morgan fingerprint density at radius 3 is 2.43 bits per heavy atom. The summed E-state index contributed by atoms with van der Waals surface area (Å²) in [5.74, 6) is -0.180. The summed E-state index contributed by atoms with van der Waals surface area (Å²) < 4.78 is 7.26. The molecule has 0 saturated heterocycles. The molecular weight excluding hydrogens is 400 g/mol. The first-order valence-corrected chi connectivity index (χ1v) is 10.7. The molecule has 0 aliphatic heterocycles. The number of amides is 1. The predicted octanol–water partition coefficient (Wildman–Crippen LogP) is 4.10. The molecule has 0 fully saturated rings. The number of rotatable bonds is 6. The molecule has 0 spiro atoms. The van der Waals surface area contributed by atoms with Crippen LogP contribution in [0.2, 0.25) is 0 Å². The van der Waals surface area contributed by atoms with Crippen LogP contribution in [0.5, 0.6) is 0 Å². The third kappa shape index (κ3) is 4.54. The van der Waals surface area contributed by atoms with E-state index in [0.717, 1.165) is 27.8 Å². The smallest absolute Gasteiger partial charge is 0.338 e. The molecule has 1 unspecified atom stereocenters. The van der Waals surface area contributed by atoms with Gasteiger partial charge in [0.2, 0.25) is 0 Å². The molecule has 1 atom stereocenters. The fraction of sp³-hybridized carbons (Fsp3) is 0.273. The number of esters is 1. The van der Waals surface area contributed by atoms with E-state index in [2.05, 4.69) is 15.5 Å². The van der Waals surface area contributed by atoms with E-state index in [9.17, 15) is 9.59 Å². The lowest BCUT2D eigenvalue weighted by atomic mass is 10.1. The molecule has 1 heterocycles. The number of thioether (sulfide) groups is 1. The molecule has 8 heteroatoms. The minimum absolute atomic E-state index is 0.363. The van der Waals surface area contributed by atoms with Gasteiger partial charge in [-0.1, -0.05) is 23.9 Å². The standard InChI is InChI=1S/C22H24N4O3S/c1-13-7-6-8-19(14(13)2)23-20(27)15(3)29-21(28)17-9-11-18(12-10-17)26-16(4)24-25-22(26)30-5/h6-12,15H,1-5H3,(H,23,27). The Bertz CT molecular complexity index is 1080. The van der Waals surface area contributed by atoms with Gasteiger partial charge in [-0.3, -0.25) is 9.36 Å². The molecule has 1 aromatic heterocycles. The number of carbonyl (C=O) groups is 2. The first kappa shape index (κ1) is 21.6. The Labute approximate surface area is 179 Å². The molecule has 2 aromatic carbocycles. The number of anilines is 1. The quantitative estimate of drug-likeness (QED) is 0.474. The maximum Gasteiger partial charge on any atom is 0.338 e. The molecule has 1 amide bonds. The van der Waals surface area contributed by atoms with Crippen LogP contribution < -0.4 is 5.32 Å². The summed E-state index contributed by atoms with van der Waals surface area (Å²) in [4.78, 5) is 24.9. The predicted molar refractivity (Wildman–Crippen MR) is 117 cm³/mol. The Hall–Kier alpha value is -3.13. The zero-order chi connectivity index (χ0) is 21.8. The van der Waals surface area contributed by atoms with E-state index in [0.29, 0.717) is 11.3 Å². The highest BCUT2D eigenvalue weighted by molar-refractivity contribution is 7.98. The van der Waals surface area contributed by atoms with Crippen molar-refractivity contribution in [3.8, 4) is 5.69 Å². The van der Waals surface area contributed by atoms with Gasteiger partial charge in [-0.25, -0.2) is 4.79 Å². The Balaban J connectivity index is 1.67. The monoisotopic (exact) mass is 424 g/mol. The third-order valence-corrected chi connectivity index (χ3v) is 5.48. The van der Waals surface area contributed by atoms with Crippen LogP contribution in [0.1, 0.15) is 34.2 Å². The lowest BCUT2D eigenvalue weighted by Gasteiger charge is -2.15. The van der Waals surface area contributed by atoms with E-state index >= 15 is 0 Å². The van der Waals surface area contributed by atoms with Crippen molar-refractivity contribution in [2.24, 2.45) is 0 Å². The number of carbonyl (C=O) groups excluding carboxylic acids is 2. The van der Waals surface area contributed by atoms with E-state index in [1.54, 1.807) is 31.2 Å². The minimum atomic E-state index is -0.930. The van der Waals surface area contributed by atoms with Crippen molar-refractivity contribution >= 4 is 29.3 Å². The van der Waals surface area contributed by atoms with Crippen molar-refractivity contribution in [2.75, 3.05) is 11.6 Å². The van der Waals surface area contributed by atoms with Crippen molar-refractivity contribution < 1.29 is 14.3 Å². The summed E-state index contributed by atoms with van der Waals surface area (Å²) in [5, 5.41) is 11.8. The van der Waals surface area contributed by atoms with Gasteiger partial charge in [0.1, 0.15) is 5.82 Å². The summed E-state index contributed by atoms with van der Waals surface area (Å²) >= 11 is 1.49. The van der Waals surface area contributed by atoms with Crippen LogP contribution in [0, 0.1) is 20.8 Å². The normalized spacial score (nSPS) is 11.8. The second kappa shape index (κ2) is 9.13. The van der Waals surface area contributed by atoms with Gasteiger partial charge in [0.25, 0.3) is 5.91 Å². The van der Waals surface area contributed by atoms with Crippen molar-refractivity contribution in [3.05, 3.63) is 65.0 Å². The molecule has 0 aliphatic rings. The lowest BCUT2D eigenvalue weighted by Crippen LogP contribution is -2.30. The number of aryl methyl sites for hydroxylation is 2. The molecule has 3 aromatic rings. The van der Waals surface area contributed by atoms with E-state index in [4.69, 9.17) is 4.74 Å². The second-order valence-electron chi connectivity index (χ2n) is 6.90. The highest BCUT2D eigenvalue weighted by atomic mass is 32.2. The molecule has 30 heavy (non-hydrogen) atoms. The van der Waals surface area contributed by atoms with Gasteiger partial charge in [-0.15, -0.1) is 10.2 Å². The van der Waals surface area contributed by atoms with Gasteiger partial charge >= 0.3 is 5.97 Å². The van der Waals surface area contributed by atoms with E-state index in [1.165, 1.54) is 11.8 Å². The molecular formula is C22H24N4O3S. The first-order valence-electron chi connectivity index (χ1n) is 9.46. The molecule has 0 aliphatic carbocycles. The van der Waals surface area contributed by atoms with Crippen LogP contribution in [-0.2, 0) is 9.53 Å². The maximum atomic E-state index is 12.5. The van der Waals surface area contributed by atoms with E-state index in [-0.39, 0.29) is 5.91 Å². The van der Waals surface area contributed by atoms with Crippen LogP contribution in [0.25, 0.3) is 5.69 Å². The van der Waals surface area contributed by atoms with Gasteiger partial charge in [-0.2, -0.15) is 0 Å². The highest BCUT2D eigenvalue weighted by Crippen LogP contribution is 2.21. The van der Waals surface area contributed by atoms with Crippen molar-refractivity contribution in [1.29, 1.82) is 0 Å². The number of hydrogen-bond donors (Lipinski definition) is 1. The van der Waals surface area contributed by atoms with Crippen molar-refractivity contribution in [1.82, 2.24) is 14.8 Å². The van der Waals surface area contributed by atoms with Crippen LogP contribution in [0.4, 0.5) is 5.69 Å². The van der Waals surface area contributed by atoms with Crippen LogP contribution in [0.15, 0.2) is 47.6 Å². The molecule has 0 saturated carbocycles. The maximum absolute atomic E-state index is 12.5. The Morgan fingerprint density at radius 1 is 1.07 bits per heavy atom. The van der Waals surface area contributed by atoms with Gasteiger partial charge in [0.05, 0.1) is 5.56 Å². The molecule has 156 valence electrons. The summed E-state index contributed by atoms with van der Waals surface area (Å²) in [6.45, 7) is 7.33. The molecule has 3 rings (SSSR count). The van der Waals surface area contributed by atoms with Crippen LogP contribution >= 0.6 is 11.8 Å². The number of aromatic nitrogens is 3. The summed E-state index contributed by atoms with van der Waals surface area (Å²) in [5.41, 5.74) is 3.97. The number of nitrogens with zero attached hydrogens (tertiary/aromatic N) is 3. The van der Waals surface area contributed by atoms with Gasteiger partial charge in [-0.05, 0) is 75.4 Å². The molecule has 1 N–H and O–H groups in total. The minimum Gasteiger partial charge on any atom is -0.449 e. The summed E-state index contributed by atoms with van der Waals surface area (Å²) in [6.07, 6.45) is 0.997. The number of benzene rings is 2. The van der Waals surface area contributed by atoms with E-state index in [1.807, 2.05) is 49.8 Å². The molecule has 0 bridgehead atoms. The fourth-order valence-electron chi connectivity index (χ4n) is 2.92. The molecule has 0 radical (unpaired) electrons. The summed E-state index contributed by atoms with van der Waals surface area (Å²) in [7, 11) is 0. The lowest BCUT2D eigenvalue weighted by molar-refractivity contribution is -0.123. The first-order chi connectivity index (χ1) is 14.3. The zero-order valence-electron chi connectivity index (χ0n) is 17.6. The molecule has 7 nitrogen and oxygen atoms in total. The van der Waals surface area contributed by atoms with Gasteiger partial charge in [0, 0.05) is 11.4 Å². The van der Waals surface area contributed by atoms with Gasteiger partial charge < -0.3 is 10.1 Å². The zero-order valence-corrected chi connectivity index (χ0v) is 18.4. The highest BCUT2D eigenvalue weighted by Gasteiger charge is 2.20. The Morgan fingerprint density at radius 2 is 1.77 bits per heavy atom. The topological polar surface area (TPSA) is 86.1 Å².